The molecule has 0 bridgehead atoms. The van der Waals surface area contributed by atoms with E-state index in [-0.39, 0.29) is 13.2 Å². The first-order valence-electron chi connectivity index (χ1n) is 17.1. The van der Waals surface area contributed by atoms with E-state index in [1.54, 1.807) is 18.5 Å². The molecule has 0 aliphatic carbocycles. The van der Waals surface area contributed by atoms with E-state index in [0.717, 1.165) is 101 Å². The number of halogens is 3. The number of fused-ring (bicyclic) bond motifs is 2. The molecule has 0 aromatic carbocycles. The number of aryl methyl sites for hydroxylation is 4. The third-order valence-corrected chi connectivity index (χ3v) is 9.63. The van der Waals surface area contributed by atoms with Crippen LogP contribution in [0.2, 0.25) is 15.2 Å². The fraction of sp³-hybridized carbons (Fsp3) is 0.316. The van der Waals surface area contributed by atoms with E-state index in [1.807, 2.05) is 58.5 Å². The molecular formula is C38H41Cl3N10O2. The number of rotatable bonds is 5. The molecule has 12 nitrogen and oxygen atoms in total. The third-order valence-electron chi connectivity index (χ3n) is 8.82. The summed E-state index contributed by atoms with van der Waals surface area (Å²) >= 11 is 18.4. The van der Waals surface area contributed by atoms with Crippen molar-refractivity contribution in [3.63, 3.8) is 0 Å². The lowest BCUT2D eigenvalue weighted by Gasteiger charge is -2.29. The fourth-order valence-corrected chi connectivity index (χ4v) is 6.82. The lowest BCUT2D eigenvalue weighted by atomic mass is 10.1. The summed E-state index contributed by atoms with van der Waals surface area (Å²) in [5.74, 6) is 2.81. The highest BCUT2D eigenvalue weighted by Gasteiger charge is 2.21. The van der Waals surface area contributed by atoms with Crippen LogP contribution in [0.4, 0.5) is 5.82 Å². The molecule has 0 saturated carbocycles. The number of nitrogens with one attached hydrogen (secondary N) is 1. The van der Waals surface area contributed by atoms with Crippen molar-refractivity contribution in [2.45, 2.75) is 67.1 Å². The maximum Gasteiger partial charge on any atom is 0.129 e. The molecule has 8 heterocycles. The van der Waals surface area contributed by atoms with Crippen LogP contribution in [0.15, 0.2) is 61.4 Å². The summed E-state index contributed by atoms with van der Waals surface area (Å²) in [4.78, 5) is 28.2. The zero-order chi connectivity index (χ0) is 37.6. The molecule has 0 fully saturated rings. The minimum atomic E-state index is -0.0400. The van der Waals surface area contributed by atoms with Crippen molar-refractivity contribution in [2.24, 2.45) is 0 Å². The zero-order valence-corrected chi connectivity index (χ0v) is 32.3. The van der Waals surface area contributed by atoms with Gasteiger partial charge in [0.1, 0.15) is 22.6 Å². The Balaban J connectivity index is 0.000000151. The molecule has 3 N–H and O–H groups in total. The number of aliphatic hydroxyl groups is 2. The predicted molar refractivity (Wildman–Crippen MR) is 208 cm³/mol. The number of pyridine rings is 4. The van der Waals surface area contributed by atoms with Gasteiger partial charge >= 0.3 is 0 Å². The van der Waals surface area contributed by atoms with Crippen LogP contribution in [-0.4, -0.2) is 62.3 Å². The number of aliphatic hydroxyl groups excluding tert-OH is 2. The average Bonchev–Trinajstić information content (AvgIpc) is 3.78. The van der Waals surface area contributed by atoms with E-state index in [2.05, 4.69) is 61.4 Å². The van der Waals surface area contributed by atoms with Gasteiger partial charge in [-0.2, -0.15) is 0 Å². The van der Waals surface area contributed by atoms with Crippen LogP contribution >= 0.6 is 34.8 Å². The standard InChI is InChI=1S/C19H20ClN5O.C12H10Cl2N2.C7H11N3O/c1-12-5-13(2)19(22-7-12)15-6-17(21-8-16(15)20)25-4-3-24-9-14(11-26)23-18(24)10-25;1-7-3-8(2)12(16-5-7)9-4-11(14)15-6-10(9)13;11-5-6-4-10-2-1-8-3-7(10)9-6/h5-9,26H,3-4,10-11H2,1-2H3;3-6H,1-2H3;4,8,11H,1-3,5H2. The Hall–Kier alpha value is -4.43. The van der Waals surface area contributed by atoms with E-state index in [1.165, 1.54) is 0 Å². The lowest BCUT2D eigenvalue weighted by molar-refractivity contribution is 0.277. The van der Waals surface area contributed by atoms with Crippen LogP contribution in [-0.2, 0) is 39.4 Å². The Morgan fingerprint density at radius 3 is 1.81 bits per heavy atom. The molecule has 0 saturated heterocycles. The summed E-state index contributed by atoms with van der Waals surface area (Å²) in [6.45, 7) is 13.1. The van der Waals surface area contributed by atoms with Gasteiger partial charge in [0.15, 0.2) is 0 Å². The van der Waals surface area contributed by atoms with Gasteiger partial charge in [-0.05, 0) is 62.1 Å². The lowest BCUT2D eigenvalue weighted by Crippen LogP contribution is -2.34. The molecule has 0 radical (unpaired) electrons. The Bertz CT molecular complexity index is 2200. The molecule has 8 rings (SSSR count). The Kier molecular flexibility index (Phi) is 12.4. The number of hydrogen-bond acceptors (Lipinski definition) is 10. The van der Waals surface area contributed by atoms with E-state index < -0.39 is 0 Å². The summed E-state index contributed by atoms with van der Waals surface area (Å²) in [5, 5.41) is 22.9. The van der Waals surface area contributed by atoms with E-state index in [4.69, 9.17) is 39.9 Å². The van der Waals surface area contributed by atoms with Gasteiger partial charge in [-0.3, -0.25) is 9.97 Å². The summed E-state index contributed by atoms with van der Waals surface area (Å²) in [5.41, 5.74) is 9.31. The average molecular weight is 776 g/mol. The van der Waals surface area contributed by atoms with Gasteiger partial charge in [-0.15, -0.1) is 0 Å². The quantitative estimate of drug-likeness (QED) is 0.163. The van der Waals surface area contributed by atoms with Gasteiger partial charge in [0.05, 0.1) is 59.1 Å². The highest BCUT2D eigenvalue weighted by atomic mass is 35.5. The zero-order valence-electron chi connectivity index (χ0n) is 30.0. The molecule has 15 heteroatoms. The van der Waals surface area contributed by atoms with Gasteiger partial charge in [0.2, 0.25) is 0 Å². The largest absolute Gasteiger partial charge is 0.390 e. The molecular weight excluding hydrogens is 735 g/mol. The first kappa shape index (κ1) is 38.3. The van der Waals surface area contributed by atoms with E-state index >= 15 is 0 Å². The molecule has 276 valence electrons. The molecule has 2 aliphatic rings. The smallest absolute Gasteiger partial charge is 0.129 e. The third kappa shape index (κ3) is 9.21. The van der Waals surface area contributed by atoms with Crippen molar-refractivity contribution in [1.82, 2.24) is 44.4 Å². The number of nitrogens with zero attached hydrogens (tertiary/aromatic N) is 9. The summed E-state index contributed by atoms with van der Waals surface area (Å²) in [7, 11) is 0. The fourth-order valence-electron chi connectivity index (χ4n) is 6.28. The van der Waals surface area contributed by atoms with Gasteiger partial charge in [-0.1, -0.05) is 46.9 Å². The molecule has 0 spiro atoms. The Labute approximate surface area is 323 Å². The summed E-state index contributed by atoms with van der Waals surface area (Å²) < 4.78 is 4.17. The van der Waals surface area contributed by atoms with Gasteiger partial charge in [0.25, 0.3) is 0 Å². The molecule has 0 unspecified atom stereocenters. The van der Waals surface area contributed by atoms with Gasteiger partial charge in [0, 0.05) is 74.5 Å². The first-order chi connectivity index (χ1) is 25.5. The molecule has 53 heavy (non-hydrogen) atoms. The SMILES string of the molecule is Cc1cnc(-c2cc(Cl)ncc2Cl)c(C)c1.Cc1cnc(-c2cc(N3CCn4cc(CO)nc4C3)ncc2Cl)c(C)c1.OCc1cn2c(n1)CNCC2. The normalized spacial score (nSPS) is 13.3. The highest BCUT2D eigenvalue weighted by Crippen LogP contribution is 2.33. The number of imidazole rings is 2. The molecule has 0 atom stereocenters. The van der Waals surface area contributed by atoms with Crippen molar-refractivity contribution in [3.05, 3.63) is 122 Å². The summed E-state index contributed by atoms with van der Waals surface area (Å²) in [6.07, 6.45) is 10.7. The number of hydrogen-bond donors (Lipinski definition) is 3. The van der Waals surface area contributed by atoms with Crippen LogP contribution in [0.25, 0.3) is 22.5 Å². The number of anilines is 1. The second-order valence-corrected chi connectivity index (χ2v) is 14.2. The Morgan fingerprint density at radius 1 is 0.660 bits per heavy atom. The monoisotopic (exact) mass is 774 g/mol. The second kappa shape index (κ2) is 17.1. The van der Waals surface area contributed by atoms with E-state index in [9.17, 15) is 5.11 Å². The first-order valence-corrected chi connectivity index (χ1v) is 18.3. The highest BCUT2D eigenvalue weighted by molar-refractivity contribution is 6.34. The van der Waals surface area contributed by atoms with Crippen molar-refractivity contribution >= 4 is 40.6 Å². The Morgan fingerprint density at radius 2 is 1.23 bits per heavy atom. The van der Waals surface area contributed by atoms with E-state index in [0.29, 0.717) is 27.4 Å². The maximum atomic E-state index is 9.28. The van der Waals surface area contributed by atoms with Crippen molar-refractivity contribution < 1.29 is 10.2 Å². The van der Waals surface area contributed by atoms with Crippen LogP contribution in [0, 0.1) is 27.7 Å². The minimum Gasteiger partial charge on any atom is -0.390 e. The maximum absolute atomic E-state index is 9.28. The molecule has 6 aromatic rings. The molecule has 6 aromatic heterocycles. The van der Waals surface area contributed by atoms with Crippen molar-refractivity contribution in [1.29, 1.82) is 0 Å². The van der Waals surface area contributed by atoms with Crippen molar-refractivity contribution in [3.8, 4) is 22.5 Å². The summed E-state index contributed by atoms with van der Waals surface area (Å²) in [6, 6.07) is 7.90. The molecule has 2 aliphatic heterocycles. The second-order valence-electron chi connectivity index (χ2n) is 13.0. The van der Waals surface area contributed by atoms with Crippen molar-refractivity contribution in [2.75, 3.05) is 18.0 Å². The van der Waals surface area contributed by atoms with Crippen LogP contribution in [0.3, 0.4) is 0 Å². The predicted octanol–water partition coefficient (Wildman–Crippen LogP) is 6.67. The molecule has 0 amide bonds. The van der Waals surface area contributed by atoms with Gasteiger partial charge in [-0.25, -0.2) is 19.9 Å². The minimum absolute atomic E-state index is 0.0400. The van der Waals surface area contributed by atoms with Gasteiger partial charge < -0.3 is 29.6 Å². The number of aromatic nitrogens is 8. The van der Waals surface area contributed by atoms with Crippen LogP contribution < -0.4 is 10.2 Å². The van der Waals surface area contributed by atoms with Crippen LogP contribution in [0.1, 0.15) is 45.3 Å². The topological polar surface area (TPSA) is 143 Å². The van der Waals surface area contributed by atoms with Crippen LogP contribution in [0.5, 0.6) is 0 Å².